The van der Waals surface area contributed by atoms with Crippen molar-refractivity contribution >= 4 is 16.0 Å². The fraction of sp³-hybridized carbons (Fsp3) is 0.385. The van der Waals surface area contributed by atoms with E-state index in [1.54, 1.807) is 6.07 Å². The molecule has 1 aliphatic rings. The van der Waals surface area contributed by atoms with Crippen LogP contribution in [0.2, 0.25) is 0 Å². The van der Waals surface area contributed by atoms with Crippen molar-refractivity contribution in [2.75, 3.05) is 13.1 Å². The van der Waals surface area contributed by atoms with Crippen molar-refractivity contribution < 1.29 is 22.7 Å². The SMILES string of the molecule is N#Cc1c(F)cccc1S(=O)(=O)N1CCC(CC(=O)O)C1. The summed E-state index contributed by atoms with van der Waals surface area (Å²) in [4.78, 5) is 10.3. The average molecular weight is 312 g/mol. The summed E-state index contributed by atoms with van der Waals surface area (Å²) in [5.41, 5.74) is -0.515. The summed E-state index contributed by atoms with van der Waals surface area (Å²) in [5.74, 6) is -2.14. The maximum atomic E-state index is 13.5. The van der Waals surface area contributed by atoms with E-state index in [0.29, 0.717) is 6.42 Å². The van der Waals surface area contributed by atoms with E-state index >= 15 is 0 Å². The van der Waals surface area contributed by atoms with E-state index in [1.807, 2.05) is 0 Å². The number of nitrogens with zero attached hydrogens (tertiary/aromatic N) is 2. The van der Waals surface area contributed by atoms with Gasteiger partial charge in [0.15, 0.2) is 0 Å². The first-order valence-electron chi connectivity index (χ1n) is 6.27. The van der Waals surface area contributed by atoms with Gasteiger partial charge in [-0.2, -0.15) is 9.57 Å². The van der Waals surface area contributed by atoms with E-state index in [0.717, 1.165) is 10.4 Å². The molecule has 0 amide bonds. The zero-order chi connectivity index (χ0) is 15.6. The van der Waals surface area contributed by atoms with Crippen molar-refractivity contribution in [1.82, 2.24) is 4.31 Å². The average Bonchev–Trinajstić information content (AvgIpc) is 2.86. The molecule has 0 spiro atoms. The lowest BCUT2D eigenvalue weighted by Gasteiger charge is -2.17. The maximum absolute atomic E-state index is 13.5. The van der Waals surface area contributed by atoms with Crippen molar-refractivity contribution in [3.05, 3.63) is 29.6 Å². The molecule has 0 radical (unpaired) electrons. The number of hydrogen-bond donors (Lipinski definition) is 1. The van der Waals surface area contributed by atoms with Gasteiger partial charge < -0.3 is 5.11 Å². The molecular weight excluding hydrogens is 299 g/mol. The second-order valence-electron chi connectivity index (χ2n) is 4.84. The number of benzene rings is 1. The van der Waals surface area contributed by atoms with Crippen LogP contribution in [0, 0.1) is 23.1 Å². The number of aliphatic carboxylic acids is 1. The Morgan fingerprint density at radius 1 is 1.52 bits per heavy atom. The summed E-state index contributed by atoms with van der Waals surface area (Å²) in [6, 6.07) is 5.00. The molecule has 0 aromatic heterocycles. The highest BCUT2D eigenvalue weighted by Crippen LogP contribution is 2.28. The van der Waals surface area contributed by atoms with E-state index in [2.05, 4.69) is 0 Å². The monoisotopic (exact) mass is 312 g/mol. The summed E-state index contributed by atoms with van der Waals surface area (Å²) >= 11 is 0. The zero-order valence-corrected chi connectivity index (χ0v) is 11.8. The Morgan fingerprint density at radius 3 is 2.86 bits per heavy atom. The molecule has 21 heavy (non-hydrogen) atoms. The standard InChI is InChI=1S/C13H13FN2O4S/c14-11-2-1-3-12(10(11)7-15)21(19,20)16-5-4-9(8-16)6-13(17)18/h1-3,9H,4-6,8H2,(H,17,18). The predicted molar refractivity (Wildman–Crippen MR) is 70.2 cm³/mol. The van der Waals surface area contributed by atoms with Crippen LogP contribution in [-0.4, -0.2) is 36.9 Å². The van der Waals surface area contributed by atoms with Crippen molar-refractivity contribution in [3.8, 4) is 6.07 Å². The van der Waals surface area contributed by atoms with Crippen LogP contribution >= 0.6 is 0 Å². The highest BCUT2D eigenvalue weighted by Gasteiger charge is 2.35. The number of carboxylic acid groups (broad SMARTS) is 1. The predicted octanol–water partition coefficient (Wildman–Crippen LogP) is 1.18. The molecule has 1 saturated heterocycles. The Kier molecular flexibility index (Phi) is 4.25. The molecule has 0 saturated carbocycles. The molecule has 1 aliphatic heterocycles. The third kappa shape index (κ3) is 3.04. The number of halogens is 1. The van der Waals surface area contributed by atoms with Gasteiger partial charge in [-0.25, -0.2) is 12.8 Å². The number of carboxylic acids is 1. The Labute approximate surface area is 121 Å². The molecule has 6 nitrogen and oxygen atoms in total. The zero-order valence-electron chi connectivity index (χ0n) is 11.0. The highest BCUT2D eigenvalue weighted by molar-refractivity contribution is 7.89. The van der Waals surface area contributed by atoms with Gasteiger partial charge in [-0.15, -0.1) is 0 Å². The van der Waals surface area contributed by atoms with Crippen LogP contribution in [0.25, 0.3) is 0 Å². The normalized spacial score (nSPS) is 19.3. The van der Waals surface area contributed by atoms with Crippen LogP contribution in [0.4, 0.5) is 4.39 Å². The second kappa shape index (κ2) is 5.79. The number of rotatable bonds is 4. The number of nitriles is 1. The minimum absolute atomic E-state index is 0.0655. The van der Waals surface area contributed by atoms with Gasteiger partial charge in [0.2, 0.25) is 10.0 Å². The van der Waals surface area contributed by atoms with Crippen LogP contribution in [0.3, 0.4) is 0 Å². The molecule has 1 unspecified atom stereocenters. The summed E-state index contributed by atoms with van der Waals surface area (Å²) < 4.78 is 39.6. The Bertz CT molecular complexity index is 711. The maximum Gasteiger partial charge on any atom is 0.303 e. The van der Waals surface area contributed by atoms with Gasteiger partial charge >= 0.3 is 5.97 Å². The van der Waals surface area contributed by atoms with Gasteiger partial charge in [0.25, 0.3) is 0 Å². The second-order valence-corrected chi connectivity index (χ2v) is 6.75. The number of hydrogen-bond acceptors (Lipinski definition) is 4. The summed E-state index contributed by atoms with van der Waals surface area (Å²) in [6.07, 6.45) is 0.322. The van der Waals surface area contributed by atoms with Crippen molar-refractivity contribution in [2.24, 2.45) is 5.92 Å². The van der Waals surface area contributed by atoms with Gasteiger partial charge in [0, 0.05) is 19.5 Å². The lowest BCUT2D eigenvalue weighted by molar-refractivity contribution is -0.137. The Hall–Kier alpha value is -1.98. The largest absolute Gasteiger partial charge is 0.481 e. The molecule has 2 rings (SSSR count). The number of sulfonamides is 1. The van der Waals surface area contributed by atoms with E-state index in [4.69, 9.17) is 10.4 Å². The molecule has 8 heteroatoms. The Morgan fingerprint density at radius 2 is 2.24 bits per heavy atom. The summed E-state index contributed by atoms with van der Waals surface area (Å²) in [5, 5.41) is 17.7. The van der Waals surface area contributed by atoms with Gasteiger partial charge in [-0.05, 0) is 24.5 Å². The van der Waals surface area contributed by atoms with E-state index < -0.39 is 27.4 Å². The minimum Gasteiger partial charge on any atom is -0.481 e. The fourth-order valence-electron chi connectivity index (χ4n) is 2.40. The van der Waals surface area contributed by atoms with E-state index in [9.17, 15) is 17.6 Å². The molecule has 1 fully saturated rings. The summed E-state index contributed by atoms with van der Waals surface area (Å²) in [7, 11) is -3.99. The molecular formula is C13H13FN2O4S. The highest BCUT2D eigenvalue weighted by atomic mass is 32.2. The molecule has 1 N–H and O–H groups in total. The van der Waals surface area contributed by atoms with Crippen LogP contribution in [-0.2, 0) is 14.8 Å². The fourth-order valence-corrected chi connectivity index (χ4v) is 4.08. The first-order valence-corrected chi connectivity index (χ1v) is 7.71. The smallest absolute Gasteiger partial charge is 0.303 e. The number of carbonyl (C=O) groups is 1. The van der Waals surface area contributed by atoms with Crippen LogP contribution in [0.5, 0.6) is 0 Å². The van der Waals surface area contributed by atoms with Crippen LogP contribution in [0.15, 0.2) is 23.1 Å². The minimum atomic E-state index is -3.99. The first kappa shape index (κ1) is 15.4. The van der Waals surface area contributed by atoms with Gasteiger partial charge in [-0.3, -0.25) is 4.79 Å². The lowest BCUT2D eigenvalue weighted by Crippen LogP contribution is -2.30. The van der Waals surface area contributed by atoms with Crippen molar-refractivity contribution in [2.45, 2.75) is 17.7 Å². The quantitative estimate of drug-likeness (QED) is 0.900. The van der Waals surface area contributed by atoms with Crippen molar-refractivity contribution in [1.29, 1.82) is 5.26 Å². The molecule has 1 atom stereocenters. The van der Waals surface area contributed by atoms with Crippen LogP contribution in [0.1, 0.15) is 18.4 Å². The molecule has 0 bridgehead atoms. The first-order chi connectivity index (χ1) is 9.86. The van der Waals surface area contributed by atoms with Crippen molar-refractivity contribution in [3.63, 3.8) is 0 Å². The molecule has 1 heterocycles. The Balaban J connectivity index is 2.31. The molecule has 1 aromatic carbocycles. The van der Waals surface area contributed by atoms with Gasteiger partial charge in [0.1, 0.15) is 22.3 Å². The van der Waals surface area contributed by atoms with Gasteiger partial charge in [-0.1, -0.05) is 6.07 Å². The lowest BCUT2D eigenvalue weighted by atomic mass is 10.1. The topological polar surface area (TPSA) is 98.5 Å². The molecule has 112 valence electrons. The molecule has 0 aliphatic carbocycles. The molecule has 1 aromatic rings. The third-order valence-corrected chi connectivity index (χ3v) is 5.32. The van der Waals surface area contributed by atoms with E-state index in [-0.39, 0.29) is 30.3 Å². The van der Waals surface area contributed by atoms with Crippen LogP contribution < -0.4 is 0 Å². The van der Waals surface area contributed by atoms with Gasteiger partial charge in [0.05, 0.1) is 0 Å². The van der Waals surface area contributed by atoms with E-state index in [1.165, 1.54) is 12.1 Å². The third-order valence-electron chi connectivity index (χ3n) is 3.42. The summed E-state index contributed by atoms with van der Waals surface area (Å²) in [6.45, 7) is 0.234.